The van der Waals surface area contributed by atoms with E-state index in [-0.39, 0.29) is 10.9 Å². The molecule has 1 fully saturated rings. The van der Waals surface area contributed by atoms with Gasteiger partial charge in [-0.05, 0) is 36.2 Å². The van der Waals surface area contributed by atoms with Crippen LogP contribution >= 0.6 is 11.6 Å². The van der Waals surface area contributed by atoms with Crippen LogP contribution in [0.2, 0.25) is 5.02 Å². The van der Waals surface area contributed by atoms with E-state index < -0.39 is 10.0 Å². The number of aromatic nitrogens is 1. The second kappa shape index (κ2) is 5.16. The molecule has 1 aromatic carbocycles. The lowest BCUT2D eigenvalue weighted by molar-refractivity contribution is 0.202. The van der Waals surface area contributed by atoms with Gasteiger partial charge >= 0.3 is 0 Å². The van der Waals surface area contributed by atoms with Gasteiger partial charge in [0.25, 0.3) is 0 Å². The predicted octanol–water partition coefficient (Wildman–Crippen LogP) is 2.87. The van der Waals surface area contributed by atoms with Crippen LogP contribution in [0.3, 0.4) is 0 Å². The molecule has 1 atom stereocenters. The van der Waals surface area contributed by atoms with Crippen LogP contribution in [-0.4, -0.2) is 24.3 Å². The maximum Gasteiger partial charge on any atom is 0.245 e. The molecule has 0 amide bonds. The molecule has 4 nitrogen and oxygen atoms in total. The lowest BCUT2D eigenvalue weighted by atomic mass is 9.98. The molecule has 104 valence electrons. The summed E-state index contributed by atoms with van der Waals surface area (Å²) in [6.07, 6.45) is 3.76. The molecule has 1 aliphatic rings. The number of nitrogens with zero attached hydrogens (tertiary/aromatic N) is 2. The molecule has 20 heavy (non-hydrogen) atoms. The SMILES string of the molecule is O=S(=O)(c1cccnc1)N1CC[C@H]1c1ccc(Cl)cc1. The third-order valence-electron chi connectivity index (χ3n) is 3.47. The van der Waals surface area contributed by atoms with Crippen LogP contribution in [0.5, 0.6) is 0 Å². The van der Waals surface area contributed by atoms with Crippen LogP contribution in [0, 0.1) is 0 Å². The first-order valence-corrected chi connectivity index (χ1v) is 8.08. The second-order valence-corrected chi connectivity index (χ2v) is 6.99. The Labute approximate surface area is 123 Å². The van der Waals surface area contributed by atoms with Gasteiger partial charge in [-0.2, -0.15) is 4.31 Å². The molecule has 1 aliphatic heterocycles. The zero-order chi connectivity index (χ0) is 14.2. The van der Waals surface area contributed by atoms with E-state index in [0.29, 0.717) is 11.6 Å². The maximum absolute atomic E-state index is 12.5. The molecule has 0 radical (unpaired) electrons. The first-order chi connectivity index (χ1) is 9.59. The Morgan fingerprint density at radius 2 is 1.95 bits per heavy atom. The highest BCUT2D eigenvalue weighted by molar-refractivity contribution is 7.89. The molecule has 0 unspecified atom stereocenters. The highest BCUT2D eigenvalue weighted by Gasteiger charge is 2.39. The van der Waals surface area contributed by atoms with Gasteiger partial charge in [0.2, 0.25) is 10.0 Å². The molecule has 0 N–H and O–H groups in total. The van der Waals surface area contributed by atoms with Gasteiger partial charge in [-0.3, -0.25) is 4.98 Å². The van der Waals surface area contributed by atoms with Crippen molar-refractivity contribution in [3.8, 4) is 0 Å². The monoisotopic (exact) mass is 308 g/mol. The lowest BCUT2D eigenvalue weighted by Gasteiger charge is -2.39. The lowest BCUT2D eigenvalue weighted by Crippen LogP contribution is -2.44. The third kappa shape index (κ3) is 2.32. The van der Waals surface area contributed by atoms with Gasteiger partial charge in [0, 0.05) is 24.0 Å². The van der Waals surface area contributed by atoms with Crippen molar-refractivity contribution in [1.29, 1.82) is 0 Å². The zero-order valence-corrected chi connectivity index (χ0v) is 12.2. The van der Waals surface area contributed by atoms with Crippen molar-refractivity contribution >= 4 is 21.6 Å². The minimum Gasteiger partial charge on any atom is -0.263 e. The summed E-state index contributed by atoms with van der Waals surface area (Å²) in [5.41, 5.74) is 0.966. The fourth-order valence-electron chi connectivity index (χ4n) is 2.30. The van der Waals surface area contributed by atoms with E-state index in [1.54, 1.807) is 30.5 Å². The van der Waals surface area contributed by atoms with Gasteiger partial charge in [0.1, 0.15) is 4.90 Å². The number of benzene rings is 1. The molecule has 2 aromatic rings. The first kappa shape index (κ1) is 13.5. The van der Waals surface area contributed by atoms with Crippen LogP contribution in [-0.2, 0) is 10.0 Å². The number of sulfonamides is 1. The van der Waals surface area contributed by atoms with Crippen LogP contribution in [0.4, 0.5) is 0 Å². The number of pyridine rings is 1. The van der Waals surface area contributed by atoms with E-state index in [1.807, 2.05) is 12.1 Å². The molecular weight excluding hydrogens is 296 g/mol. The van der Waals surface area contributed by atoms with Crippen molar-refractivity contribution in [3.05, 3.63) is 59.4 Å². The summed E-state index contributed by atoms with van der Waals surface area (Å²) in [5, 5.41) is 0.648. The van der Waals surface area contributed by atoms with E-state index in [9.17, 15) is 8.42 Å². The molecule has 2 heterocycles. The third-order valence-corrected chi connectivity index (χ3v) is 5.61. The summed E-state index contributed by atoms with van der Waals surface area (Å²) < 4.78 is 26.6. The molecule has 1 aromatic heterocycles. The maximum atomic E-state index is 12.5. The number of rotatable bonds is 3. The van der Waals surface area contributed by atoms with Gasteiger partial charge in [-0.25, -0.2) is 8.42 Å². The molecule has 1 saturated heterocycles. The van der Waals surface area contributed by atoms with Crippen molar-refractivity contribution in [1.82, 2.24) is 9.29 Å². The standard InChI is InChI=1S/C14H13ClN2O2S/c15-12-5-3-11(4-6-12)14-7-9-17(14)20(18,19)13-2-1-8-16-10-13/h1-6,8,10,14H,7,9H2/t14-/m0/s1. The smallest absolute Gasteiger partial charge is 0.245 e. The Kier molecular flexibility index (Phi) is 3.50. The highest BCUT2D eigenvalue weighted by Crippen LogP contribution is 2.38. The largest absolute Gasteiger partial charge is 0.263 e. The number of halogens is 1. The summed E-state index contributed by atoms with van der Waals surface area (Å²) in [6.45, 7) is 0.532. The fourth-order valence-corrected chi connectivity index (χ4v) is 4.05. The quantitative estimate of drug-likeness (QED) is 0.876. The van der Waals surface area contributed by atoms with Crippen molar-refractivity contribution < 1.29 is 8.42 Å². The summed E-state index contributed by atoms with van der Waals surface area (Å²) in [7, 11) is -3.47. The van der Waals surface area contributed by atoms with Crippen molar-refractivity contribution in [2.75, 3.05) is 6.54 Å². The Hall–Kier alpha value is -1.43. The van der Waals surface area contributed by atoms with E-state index >= 15 is 0 Å². The summed E-state index contributed by atoms with van der Waals surface area (Å²) in [4.78, 5) is 4.11. The molecule has 6 heteroatoms. The minimum absolute atomic E-state index is 0.113. The molecule has 0 saturated carbocycles. The summed E-state index contributed by atoms with van der Waals surface area (Å²) in [6, 6.07) is 10.4. The topological polar surface area (TPSA) is 50.3 Å². The molecular formula is C14H13ClN2O2S. The summed E-state index contributed by atoms with van der Waals surface area (Å²) >= 11 is 5.86. The van der Waals surface area contributed by atoms with Crippen LogP contribution < -0.4 is 0 Å². The Morgan fingerprint density at radius 1 is 1.20 bits per heavy atom. The second-order valence-electron chi connectivity index (χ2n) is 4.66. The minimum atomic E-state index is -3.47. The summed E-state index contributed by atoms with van der Waals surface area (Å²) in [5.74, 6) is 0. The van der Waals surface area contributed by atoms with Crippen molar-refractivity contribution in [2.24, 2.45) is 0 Å². The van der Waals surface area contributed by atoms with Gasteiger partial charge in [-0.1, -0.05) is 23.7 Å². The molecule has 0 spiro atoms. The Balaban J connectivity index is 1.90. The van der Waals surface area contributed by atoms with E-state index in [1.165, 1.54) is 10.5 Å². The zero-order valence-electron chi connectivity index (χ0n) is 10.6. The van der Waals surface area contributed by atoms with Crippen molar-refractivity contribution in [2.45, 2.75) is 17.4 Å². The van der Waals surface area contributed by atoms with Gasteiger partial charge in [0.15, 0.2) is 0 Å². The predicted molar refractivity (Wildman–Crippen MR) is 76.9 cm³/mol. The van der Waals surface area contributed by atoms with Crippen molar-refractivity contribution in [3.63, 3.8) is 0 Å². The normalized spacial score (nSPS) is 19.6. The average molecular weight is 309 g/mol. The Morgan fingerprint density at radius 3 is 2.50 bits per heavy atom. The van der Waals surface area contributed by atoms with E-state index in [4.69, 9.17) is 11.6 Å². The molecule has 0 aliphatic carbocycles. The number of hydrogen-bond acceptors (Lipinski definition) is 3. The molecule has 0 bridgehead atoms. The van der Waals surface area contributed by atoms with Gasteiger partial charge in [-0.15, -0.1) is 0 Å². The van der Waals surface area contributed by atoms with E-state index in [0.717, 1.165) is 12.0 Å². The van der Waals surface area contributed by atoms with Gasteiger partial charge < -0.3 is 0 Å². The molecule has 3 rings (SSSR count). The first-order valence-electron chi connectivity index (χ1n) is 6.26. The number of hydrogen-bond donors (Lipinski definition) is 0. The average Bonchev–Trinajstić information content (AvgIpc) is 2.40. The van der Waals surface area contributed by atoms with Crippen LogP contribution in [0.15, 0.2) is 53.7 Å². The highest BCUT2D eigenvalue weighted by atomic mass is 35.5. The van der Waals surface area contributed by atoms with E-state index in [2.05, 4.69) is 4.98 Å². The van der Waals surface area contributed by atoms with Crippen LogP contribution in [0.25, 0.3) is 0 Å². The fraction of sp³-hybridized carbons (Fsp3) is 0.214. The Bertz CT molecular complexity index is 702. The van der Waals surface area contributed by atoms with Gasteiger partial charge in [0.05, 0.1) is 6.04 Å². The van der Waals surface area contributed by atoms with Crippen LogP contribution in [0.1, 0.15) is 18.0 Å².